The Balaban J connectivity index is 2.29. The molecule has 0 bridgehead atoms. The van der Waals surface area contributed by atoms with Gasteiger partial charge in [0.1, 0.15) is 6.61 Å². The maximum Gasteiger partial charge on any atom is 0.404 e. The van der Waals surface area contributed by atoms with E-state index in [0.717, 1.165) is 5.56 Å². The lowest BCUT2D eigenvalue weighted by Gasteiger charge is -2.19. The highest BCUT2D eigenvalue weighted by Crippen LogP contribution is 2.05. The van der Waals surface area contributed by atoms with Crippen molar-refractivity contribution in [2.24, 2.45) is 11.5 Å². The molecule has 4 N–H and O–H groups in total. The highest BCUT2D eigenvalue weighted by Gasteiger charge is 2.14. The minimum Gasteiger partial charge on any atom is -0.448 e. The van der Waals surface area contributed by atoms with Gasteiger partial charge in [-0.25, -0.2) is 4.79 Å². The number of hydrogen-bond acceptors (Lipinski definition) is 4. The van der Waals surface area contributed by atoms with Gasteiger partial charge in [0.2, 0.25) is 0 Å². The zero-order valence-electron chi connectivity index (χ0n) is 9.84. The molecule has 5 nitrogen and oxygen atoms in total. The minimum atomic E-state index is -0.823. The quantitative estimate of drug-likeness (QED) is 0.774. The van der Waals surface area contributed by atoms with Crippen molar-refractivity contribution < 1.29 is 14.3 Å². The van der Waals surface area contributed by atoms with E-state index in [-0.39, 0.29) is 18.8 Å². The molecule has 1 aromatic rings. The second-order valence-corrected chi connectivity index (χ2v) is 3.80. The fourth-order valence-electron chi connectivity index (χ4n) is 1.24. The molecule has 0 heterocycles. The number of hydrogen-bond donors (Lipinski definition) is 2. The molecule has 0 spiro atoms. The number of benzene rings is 1. The topological polar surface area (TPSA) is 87.6 Å². The van der Waals surface area contributed by atoms with Crippen LogP contribution in [0.25, 0.3) is 0 Å². The molecule has 0 fully saturated rings. The van der Waals surface area contributed by atoms with Crippen LogP contribution in [0.5, 0.6) is 0 Å². The summed E-state index contributed by atoms with van der Waals surface area (Å²) in [6.45, 7) is 2.37. The smallest absolute Gasteiger partial charge is 0.404 e. The molecule has 1 rings (SSSR count). The summed E-state index contributed by atoms with van der Waals surface area (Å²) in [5, 5.41) is 0. The number of primary amides is 1. The van der Waals surface area contributed by atoms with E-state index >= 15 is 0 Å². The van der Waals surface area contributed by atoms with Crippen LogP contribution in [0.2, 0.25) is 0 Å². The summed E-state index contributed by atoms with van der Waals surface area (Å²) in [7, 11) is 0. The van der Waals surface area contributed by atoms with Crippen molar-refractivity contribution in [3.05, 3.63) is 35.9 Å². The number of carbonyl (C=O) groups excluding carboxylic acids is 1. The Hall–Kier alpha value is -1.59. The molecule has 17 heavy (non-hydrogen) atoms. The zero-order chi connectivity index (χ0) is 12.7. The largest absolute Gasteiger partial charge is 0.448 e. The molecule has 0 radical (unpaired) electrons. The van der Waals surface area contributed by atoms with Crippen molar-refractivity contribution in [3.8, 4) is 0 Å². The summed E-state index contributed by atoms with van der Waals surface area (Å²) in [6.07, 6.45) is -1.04. The second-order valence-electron chi connectivity index (χ2n) is 3.80. The average molecular weight is 238 g/mol. The number of rotatable bonds is 6. The summed E-state index contributed by atoms with van der Waals surface area (Å²) < 4.78 is 10.2. The fraction of sp³-hybridized carbons (Fsp3) is 0.417. The molecule has 0 aromatic heterocycles. The number of amides is 1. The highest BCUT2D eigenvalue weighted by atomic mass is 16.5. The van der Waals surface area contributed by atoms with Gasteiger partial charge in [-0.2, -0.15) is 0 Å². The Labute approximate surface area is 101 Å². The van der Waals surface area contributed by atoms with Crippen molar-refractivity contribution in [2.75, 3.05) is 6.61 Å². The van der Waals surface area contributed by atoms with E-state index in [0.29, 0.717) is 6.61 Å². The molecule has 0 aliphatic rings. The summed E-state index contributed by atoms with van der Waals surface area (Å²) >= 11 is 0. The highest BCUT2D eigenvalue weighted by molar-refractivity contribution is 5.64. The molecule has 0 aliphatic heterocycles. The van der Waals surface area contributed by atoms with E-state index in [4.69, 9.17) is 16.2 Å². The molecule has 0 saturated heterocycles. The lowest BCUT2D eigenvalue weighted by Crippen LogP contribution is -2.39. The first-order chi connectivity index (χ1) is 8.09. The zero-order valence-corrected chi connectivity index (χ0v) is 9.84. The second kappa shape index (κ2) is 6.88. The molecule has 1 amide bonds. The van der Waals surface area contributed by atoms with Crippen LogP contribution in [0.3, 0.4) is 0 Å². The summed E-state index contributed by atoms with van der Waals surface area (Å²) in [4.78, 5) is 10.4. The number of nitrogens with two attached hydrogens (primary N) is 2. The van der Waals surface area contributed by atoms with Gasteiger partial charge in [0, 0.05) is 0 Å². The van der Waals surface area contributed by atoms with E-state index in [1.165, 1.54) is 0 Å². The van der Waals surface area contributed by atoms with Crippen molar-refractivity contribution in [2.45, 2.75) is 25.7 Å². The van der Waals surface area contributed by atoms with Crippen LogP contribution in [-0.2, 0) is 16.1 Å². The molecule has 1 aromatic carbocycles. The Kier molecular flexibility index (Phi) is 5.45. The van der Waals surface area contributed by atoms with Crippen LogP contribution < -0.4 is 11.5 Å². The Morgan fingerprint density at radius 2 is 2.00 bits per heavy atom. The molecule has 2 unspecified atom stereocenters. The van der Waals surface area contributed by atoms with Crippen molar-refractivity contribution in [1.82, 2.24) is 0 Å². The van der Waals surface area contributed by atoms with Crippen molar-refractivity contribution in [3.63, 3.8) is 0 Å². The van der Waals surface area contributed by atoms with E-state index in [2.05, 4.69) is 4.74 Å². The van der Waals surface area contributed by atoms with Gasteiger partial charge >= 0.3 is 6.09 Å². The monoisotopic (exact) mass is 238 g/mol. The Morgan fingerprint density at radius 1 is 1.35 bits per heavy atom. The first-order valence-corrected chi connectivity index (χ1v) is 5.43. The summed E-state index contributed by atoms with van der Waals surface area (Å²) in [5.41, 5.74) is 11.7. The van der Waals surface area contributed by atoms with E-state index in [1.54, 1.807) is 0 Å². The Morgan fingerprint density at radius 3 is 2.59 bits per heavy atom. The van der Waals surface area contributed by atoms with Gasteiger partial charge < -0.3 is 20.9 Å². The molecule has 2 atom stereocenters. The summed E-state index contributed by atoms with van der Waals surface area (Å²) in [5.74, 6) is 0. The lowest BCUT2D eigenvalue weighted by molar-refractivity contribution is 0.0196. The Bertz CT molecular complexity index is 343. The standard InChI is InChI=1S/C12H18N2O3/c1-9(11(13)8-17-12(14)15)16-7-10-5-3-2-4-6-10/h2-6,9,11H,7-8,13H2,1H3,(H2,14,15). The molecule has 5 heteroatoms. The molecule has 94 valence electrons. The van der Waals surface area contributed by atoms with Crippen molar-refractivity contribution >= 4 is 6.09 Å². The van der Waals surface area contributed by atoms with Crippen molar-refractivity contribution in [1.29, 1.82) is 0 Å². The van der Waals surface area contributed by atoms with E-state index in [1.807, 2.05) is 37.3 Å². The number of ether oxygens (including phenoxy) is 2. The first-order valence-electron chi connectivity index (χ1n) is 5.43. The summed E-state index contributed by atoms with van der Waals surface area (Å²) in [6, 6.07) is 9.39. The maximum absolute atomic E-state index is 10.4. The van der Waals surface area contributed by atoms with Crippen LogP contribution in [0.15, 0.2) is 30.3 Å². The van der Waals surface area contributed by atoms with Crippen LogP contribution in [0.4, 0.5) is 4.79 Å². The van der Waals surface area contributed by atoms with Crippen LogP contribution >= 0.6 is 0 Å². The van der Waals surface area contributed by atoms with Crippen LogP contribution in [-0.4, -0.2) is 24.8 Å². The van der Waals surface area contributed by atoms with Gasteiger partial charge in [-0.1, -0.05) is 30.3 Å². The van der Waals surface area contributed by atoms with Gasteiger partial charge in [-0.15, -0.1) is 0 Å². The van der Waals surface area contributed by atoms with Gasteiger partial charge in [-0.05, 0) is 12.5 Å². The normalized spacial score (nSPS) is 14.0. The molecule has 0 aliphatic carbocycles. The third-order valence-electron chi connectivity index (χ3n) is 2.38. The number of carbonyl (C=O) groups is 1. The van der Waals surface area contributed by atoms with Crippen LogP contribution in [0.1, 0.15) is 12.5 Å². The van der Waals surface area contributed by atoms with Gasteiger partial charge in [-0.3, -0.25) is 0 Å². The molecular formula is C12H18N2O3. The third-order valence-corrected chi connectivity index (χ3v) is 2.38. The maximum atomic E-state index is 10.4. The van der Waals surface area contributed by atoms with Crippen LogP contribution in [0, 0.1) is 0 Å². The third kappa shape index (κ3) is 5.33. The van der Waals surface area contributed by atoms with Gasteiger partial charge in [0.15, 0.2) is 0 Å². The minimum absolute atomic E-state index is 0.0608. The van der Waals surface area contributed by atoms with E-state index in [9.17, 15) is 4.79 Å². The average Bonchev–Trinajstić information content (AvgIpc) is 2.34. The lowest BCUT2D eigenvalue weighted by atomic mass is 10.2. The predicted molar refractivity (Wildman–Crippen MR) is 64.2 cm³/mol. The van der Waals surface area contributed by atoms with E-state index < -0.39 is 6.09 Å². The SMILES string of the molecule is CC(OCc1ccccc1)C(N)COC(N)=O. The molecular weight excluding hydrogens is 220 g/mol. The predicted octanol–water partition coefficient (Wildman–Crippen LogP) is 1.01. The van der Waals surface area contributed by atoms with Gasteiger partial charge in [0.25, 0.3) is 0 Å². The molecule has 0 saturated carbocycles. The fourth-order valence-corrected chi connectivity index (χ4v) is 1.24. The first kappa shape index (κ1) is 13.5. The van der Waals surface area contributed by atoms with Gasteiger partial charge in [0.05, 0.1) is 18.8 Å².